The van der Waals surface area contributed by atoms with Crippen molar-refractivity contribution in [1.82, 2.24) is 9.88 Å². The van der Waals surface area contributed by atoms with E-state index >= 15 is 0 Å². The zero-order valence-electron chi connectivity index (χ0n) is 21.1. The molecular formula is C28H29N3O5. The number of allylic oxidation sites excluding steroid dienone is 1. The number of hydrogen-bond donors (Lipinski definition) is 0. The zero-order chi connectivity index (χ0) is 26.0. The number of nitrogens with zero attached hydrogens (tertiary/aromatic N) is 3. The van der Waals surface area contributed by atoms with Crippen LogP contribution in [0.5, 0.6) is 0 Å². The van der Waals surface area contributed by atoms with Crippen molar-refractivity contribution < 1.29 is 23.5 Å². The molecule has 1 amide bonds. The summed E-state index contributed by atoms with van der Waals surface area (Å²) in [5.41, 5.74) is 1.80. The number of furan rings is 1. The van der Waals surface area contributed by atoms with Gasteiger partial charge in [0.15, 0.2) is 12.4 Å². The van der Waals surface area contributed by atoms with Gasteiger partial charge in [-0.3, -0.25) is 9.59 Å². The number of carbonyl (C=O) groups is 2. The van der Waals surface area contributed by atoms with Gasteiger partial charge in [0.1, 0.15) is 16.9 Å². The summed E-state index contributed by atoms with van der Waals surface area (Å²) >= 11 is 0. The number of aromatic nitrogens is 2. The Morgan fingerprint density at radius 2 is 1.83 bits per heavy atom. The molecule has 0 aliphatic heterocycles. The van der Waals surface area contributed by atoms with Crippen LogP contribution < -0.4 is 4.73 Å². The van der Waals surface area contributed by atoms with Crippen molar-refractivity contribution in [2.24, 2.45) is 5.41 Å². The van der Waals surface area contributed by atoms with E-state index in [1.54, 1.807) is 52.0 Å². The molecule has 8 heteroatoms. The molecule has 0 saturated carbocycles. The number of hydrogen-bond acceptors (Lipinski definition) is 6. The average molecular weight is 488 g/mol. The van der Waals surface area contributed by atoms with Gasteiger partial charge in [-0.05, 0) is 51.5 Å². The maximum atomic E-state index is 13.6. The van der Waals surface area contributed by atoms with Gasteiger partial charge >= 0.3 is 5.97 Å². The summed E-state index contributed by atoms with van der Waals surface area (Å²) in [7, 11) is 0. The monoisotopic (exact) mass is 487 g/mol. The number of amides is 1. The molecule has 186 valence electrons. The Bertz CT molecular complexity index is 1450. The molecule has 0 saturated heterocycles. The van der Waals surface area contributed by atoms with Crippen molar-refractivity contribution in [3.63, 3.8) is 0 Å². The lowest BCUT2D eigenvalue weighted by Gasteiger charge is -2.24. The number of para-hydroxylation sites is 3. The summed E-state index contributed by atoms with van der Waals surface area (Å²) in [6, 6.07) is 16.4. The van der Waals surface area contributed by atoms with Crippen LogP contribution in [-0.2, 0) is 9.53 Å². The topological polar surface area (TPSA) is 99.6 Å². The normalized spacial score (nSPS) is 12.2. The summed E-state index contributed by atoms with van der Waals surface area (Å²) in [5.74, 6) is -0.286. The lowest BCUT2D eigenvalue weighted by Crippen LogP contribution is -2.40. The van der Waals surface area contributed by atoms with E-state index in [1.807, 2.05) is 43.3 Å². The van der Waals surface area contributed by atoms with Gasteiger partial charge in [-0.15, -0.1) is 0 Å². The van der Waals surface area contributed by atoms with Crippen molar-refractivity contribution in [1.29, 1.82) is 0 Å². The number of rotatable bonds is 6. The summed E-state index contributed by atoms with van der Waals surface area (Å²) < 4.78 is 12.1. The molecule has 2 aromatic heterocycles. The summed E-state index contributed by atoms with van der Waals surface area (Å²) in [4.78, 5) is 31.8. The lowest BCUT2D eigenvalue weighted by atomic mass is 9.98. The third-order valence-corrected chi connectivity index (χ3v) is 5.87. The second-order valence-electron chi connectivity index (χ2n) is 9.70. The van der Waals surface area contributed by atoms with Gasteiger partial charge in [0, 0.05) is 24.9 Å². The summed E-state index contributed by atoms with van der Waals surface area (Å²) in [5, 5.41) is 13.8. The van der Waals surface area contributed by atoms with Crippen molar-refractivity contribution in [3.05, 3.63) is 83.0 Å². The highest BCUT2D eigenvalue weighted by molar-refractivity contribution is 5.94. The molecule has 4 rings (SSSR count). The molecule has 0 fully saturated rings. The summed E-state index contributed by atoms with van der Waals surface area (Å²) in [6.45, 7) is 8.48. The Kier molecular flexibility index (Phi) is 6.79. The van der Waals surface area contributed by atoms with Crippen LogP contribution in [0.2, 0.25) is 0 Å². The molecule has 0 aliphatic rings. The Morgan fingerprint density at radius 1 is 1.14 bits per heavy atom. The molecule has 4 aromatic rings. The predicted octanol–water partition coefficient (Wildman–Crippen LogP) is 5.02. The van der Waals surface area contributed by atoms with E-state index in [4.69, 9.17) is 9.15 Å². The van der Waals surface area contributed by atoms with Gasteiger partial charge in [0.25, 0.3) is 5.91 Å². The molecule has 0 bridgehead atoms. The van der Waals surface area contributed by atoms with Gasteiger partial charge in [-0.1, -0.05) is 36.4 Å². The fraction of sp³-hybridized carbons (Fsp3) is 0.286. The largest absolute Gasteiger partial charge is 0.618 e. The average Bonchev–Trinajstić information content (AvgIpc) is 3.29. The fourth-order valence-corrected chi connectivity index (χ4v) is 3.63. The van der Waals surface area contributed by atoms with Gasteiger partial charge in [-0.2, -0.15) is 4.73 Å². The number of carbonyl (C=O) groups excluding carboxylic acids is 2. The zero-order valence-corrected chi connectivity index (χ0v) is 21.1. The third-order valence-electron chi connectivity index (χ3n) is 5.87. The second kappa shape index (κ2) is 9.81. The first-order chi connectivity index (χ1) is 17.1. The highest BCUT2D eigenvalue weighted by Crippen LogP contribution is 2.24. The quantitative estimate of drug-likeness (QED) is 0.164. The van der Waals surface area contributed by atoms with Gasteiger partial charge in [-0.25, -0.2) is 4.98 Å². The number of ether oxygens (including phenoxy) is 1. The van der Waals surface area contributed by atoms with Crippen molar-refractivity contribution in [3.8, 4) is 0 Å². The van der Waals surface area contributed by atoms with Crippen LogP contribution in [0.3, 0.4) is 0 Å². The van der Waals surface area contributed by atoms with E-state index in [0.717, 1.165) is 16.5 Å². The van der Waals surface area contributed by atoms with Crippen LogP contribution in [-0.4, -0.2) is 35.0 Å². The molecule has 0 spiro atoms. The third kappa shape index (κ3) is 5.07. The minimum atomic E-state index is -0.732. The molecule has 2 heterocycles. The minimum absolute atomic E-state index is 0.00491. The van der Waals surface area contributed by atoms with Crippen LogP contribution in [0, 0.1) is 17.5 Å². The smallest absolute Gasteiger partial charge is 0.312 e. The molecule has 0 atom stereocenters. The highest BCUT2D eigenvalue weighted by atomic mass is 16.5. The number of benzene rings is 2. The fourth-order valence-electron chi connectivity index (χ4n) is 3.63. The number of esters is 1. The van der Waals surface area contributed by atoms with Crippen LogP contribution in [0.1, 0.15) is 49.6 Å². The molecule has 0 unspecified atom stereocenters. The van der Waals surface area contributed by atoms with E-state index < -0.39 is 17.3 Å². The van der Waals surface area contributed by atoms with Crippen molar-refractivity contribution >= 4 is 39.5 Å². The predicted molar refractivity (Wildman–Crippen MR) is 137 cm³/mol. The molecule has 0 radical (unpaired) electrons. The van der Waals surface area contributed by atoms with Crippen LogP contribution in [0.15, 0.2) is 65.1 Å². The maximum Gasteiger partial charge on any atom is 0.312 e. The molecule has 36 heavy (non-hydrogen) atoms. The Balaban J connectivity index is 1.65. The Labute approximate surface area is 209 Å². The molecule has 8 nitrogen and oxygen atoms in total. The first-order valence-corrected chi connectivity index (χ1v) is 11.7. The van der Waals surface area contributed by atoms with Crippen molar-refractivity contribution in [2.45, 2.75) is 34.6 Å². The first-order valence-electron chi connectivity index (χ1n) is 11.7. The van der Waals surface area contributed by atoms with Crippen LogP contribution in [0.25, 0.3) is 27.6 Å². The van der Waals surface area contributed by atoms with Crippen LogP contribution >= 0.6 is 0 Å². The number of fused-ring (bicyclic) bond motifs is 2. The van der Waals surface area contributed by atoms with E-state index in [9.17, 15) is 14.8 Å². The first kappa shape index (κ1) is 24.9. The Hall–Kier alpha value is -4.20. The van der Waals surface area contributed by atoms with Gasteiger partial charge in [0.2, 0.25) is 11.2 Å². The van der Waals surface area contributed by atoms with Crippen LogP contribution in [0.4, 0.5) is 0 Å². The second-order valence-corrected chi connectivity index (χ2v) is 9.70. The standard InChI is InChI=1S/C28H29N3O5/c1-18(24-16-20-10-6-9-13-23(20)36-24)14-15-30(17-35-27(33)28(3,4)5)26(32)25-19(2)31(34)22-12-8-7-11-21(22)29-25/h6-14,16H,15,17H2,1-5H3. The van der Waals surface area contributed by atoms with Crippen molar-refractivity contribution in [2.75, 3.05) is 13.3 Å². The maximum absolute atomic E-state index is 13.6. The van der Waals surface area contributed by atoms with E-state index in [0.29, 0.717) is 21.5 Å². The molecular weight excluding hydrogens is 458 g/mol. The SMILES string of the molecule is CC(=CCN(COC(=O)C(C)(C)C)C(=O)c1nc2ccccc2[n+]([O-])c1C)c1cc2ccccc2o1. The highest BCUT2D eigenvalue weighted by Gasteiger charge is 2.28. The van der Waals surface area contributed by atoms with Gasteiger partial charge in [0.05, 0.1) is 5.41 Å². The molecule has 0 N–H and O–H groups in total. The van der Waals surface area contributed by atoms with Gasteiger partial charge < -0.3 is 19.3 Å². The van der Waals surface area contributed by atoms with E-state index in [-0.39, 0.29) is 24.7 Å². The summed E-state index contributed by atoms with van der Waals surface area (Å²) in [6.07, 6.45) is 1.82. The van der Waals surface area contributed by atoms with E-state index in [1.165, 1.54) is 4.90 Å². The molecule has 2 aromatic carbocycles. The lowest BCUT2D eigenvalue weighted by molar-refractivity contribution is -0.584. The molecule has 0 aliphatic carbocycles. The van der Waals surface area contributed by atoms with E-state index in [2.05, 4.69) is 4.98 Å². The Morgan fingerprint density at radius 3 is 2.56 bits per heavy atom. The minimum Gasteiger partial charge on any atom is -0.618 e.